The van der Waals surface area contributed by atoms with Gasteiger partial charge in [-0.2, -0.15) is 0 Å². The van der Waals surface area contributed by atoms with E-state index in [-0.39, 0.29) is 5.12 Å². The van der Waals surface area contributed by atoms with Gasteiger partial charge in [-0.1, -0.05) is 23.9 Å². The van der Waals surface area contributed by atoms with Crippen LogP contribution >= 0.6 is 11.8 Å². The van der Waals surface area contributed by atoms with Crippen LogP contribution in [-0.2, 0) is 9.53 Å². The quantitative estimate of drug-likeness (QED) is 0.836. The van der Waals surface area contributed by atoms with Crippen molar-refractivity contribution < 1.29 is 14.3 Å². The van der Waals surface area contributed by atoms with E-state index in [0.29, 0.717) is 22.7 Å². The van der Waals surface area contributed by atoms with Gasteiger partial charge < -0.3 is 10.5 Å². The number of aromatic nitrogens is 1. The third-order valence-electron chi connectivity index (χ3n) is 2.05. The van der Waals surface area contributed by atoms with Gasteiger partial charge in [-0.25, -0.2) is 9.78 Å². The third kappa shape index (κ3) is 4.21. The SMILES string of the molecule is COC(=O)c1cnc(N)c(C=CCSC(C)=O)c1. The van der Waals surface area contributed by atoms with E-state index < -0.39 is 5.97 Å². The van der Waals surface area contributed by atoms with Crippen LogP contribution in [0.1, 0.15) is 22.8 Å². The summed E-state index contributed by atoms with van der Waals surface area (Å²) in [5.74, 6) is 0.416. The molecule has 0 radical (unpaired) electrons. The first-order valence-electron chi connectivity index (χ1n) is 5.18. The second-order valence-electron chi connectivity index (χ2n) is 3.39. The minimum absolute atomic E-state index is 0.0501. The van der Waals surface area contributed by atoms with Crippen molar-refractivity contribution in [2.45, 2.75) is 6.92 Å². The molecule has 1 aromatic rings. The molecule has 5 nitrogen and oxygen atoms in total. The van der Waals surface area contributed by atoms with E-state index in [9.17, 15) is 9.59 Å². The number of thioether (sulfide) groups is 1. The maximum atomic E-state index is 11.3. The van der Waals surface area contributed by atoms with E-state index in [1.807, 2.05) is 0 Å². The highest BCUT2D eigenvalue weighted by Gasteiger charge is 2.07. The van der Waals surface area contributed by atoms with E-state index in [1.165, 1.54) is 32.0 Å². The molecule has 0 aliphatic heterocycles. The van der Waals surface area contributed by atoms with E-state index in [1.54, 1.807) is 18.2 Å². The predicted molar refractivity (Wildman–Crippen MR) is 72.2 cm³/mol. The lowest BCUT2D eigenvalue weighted by molar-refractivity contribution is -0.109. The molecule has 0 amide bonds. The number of esters is 1. The highest BCUT2D eigenvalue weighted by atomic mass is 32.2. The van der Waals surface area contributed by atoms with Crippen LogP contribution in [0.25, 0.3) is 6.08 Å². The second kappa shape index (κ2) is 6.80. The number of nitrogen functional groups attached to an aromatic ring is 1. The second-order valence-corrected chi connectivity index (χ2v) is 4.59. The summed E-state index contributed by atoms with van der Waals surface area (Å²) in [4.78, 5) is 26.0. The van der Waals surface area contributed by atoms with E-state index >= 15 is 0 Å². The number of ether oxygens (including phenoxy) is 1. The summed E-state index contributed by atoms with van der Waals surface area (Å²) < 4.78 is 4.60. The lowest BCUT2D eigenvalue weighted by Crippen LogP contribution is -2.04. The molecule has 2 N–H and O–H groups in total. The van der Waals surface area contributed by atoms with Crippen LogP contribution in [0.5, 0.6) is 0 Å². The molecule has 1 heterocycles. The molecule has 0 atom stereocenters. The van der Waals surface area contributed by atoms with Gasteiger partial charge in [0.05, 0.1) is 12.7 Å². The predicted octanol–water partition coefficient (Wildman–Crippen LogP) is 1.74. The number of pyridine rings is 1. The number of rotatable bonds is 4. The van der Waals surface area contributed by atoms with E-state index in [0.717, 1.165) is 0 Å². The number of nitrogens with two attached hydrogens (primary N) is 1. The Labute approximate surface area is 109 Å². The minimum Gasteiger partial charge on any atom is -0.465 e. The van der Waals surface area contributed by atoms with Crippen molar-refractivity contribution in [2.24, 2.45) is 0 Å². The summed E-state index contributed by atoms with van der Waals surface area (Å²) in [5.41, 5.74) is 6.65. The van der Waals surface area contributed by atoms with E-state index in [4.69, 9.17) is 5.73 Å². The highest BCUT2D eigenvalue weighted by Crippen LogP contribution is 2.14. The Hall–Kier alpha value is -1.82. The molecule has 0 saturated heterocycles. The zero-order valence-electron chi connectivity index (χ0n) is 10.2. The van der Waals surface area contributed by atoms with Crippen molar-refractivity contribution in [1.29, 1.82) is 0 Å². The van der Waals surface area contributed by atoms with Crippen LogP contribution in [0.2, 0.25) is 0 Å². The van der Waals surface area contributed by atoms with Gasteiger partial charge in [0.25, 0.3) is 0 Å². The molecule has 0 fully saturated rings. The van der Waals surface area contributed by atoms with Crippen molar-refractivity contribution in [3.8, 4) is 0 Å². The molecular weight excluding hydrogens is 252 g/mol. The molecule has 1 rings (SSSR count). The Morgan fingerprint density at radius 3 is 2.89 bits per heavy atom. The molecule has 96 valence electrons. The Balaban J connectivity index is 2.81. The average molecular weight is 266 g/mol. The normalized spacial score (nSPS) is 10.6. The van der Waals surface area contributed by atoms with E-state index in [2.05, 4.69) is 9.72 Å². The first-order chi connectivity index (χ1) is 8.54. The molecule has 0 unspecified atom stereocenters. The van der Waals surface area contributed by atoms with Crippen LogP contribution in [0.3, 0.4) is 0 Å². The lowest BCUT2D eigenvalue weighted by Gasteiger charge is -2.03. The summed E-state index contributed by atoms with van der Waals surface area (Å²) in [6.45, 7) is 1.51. The lowest BCUT2D eigenvalue weighted by atomic mass is 10.2. The van der Waals surface area contributed by atoms with Gasteiger partial charge in [0.2, 0.25) is 0 Å². The van der Waals surface area contributed by atoms with Gasteiger partial charge >= 0.3 is 5.97 Å². The van der Waals surface area contributed by atoms with Crippen molar-refractivity contribution in [3.05, 3.63) is 29.5 Å². The van der Waals surface area contributed by atoms with Crippen LogP contribution in [0.15, 0.2) is 18.3 Å². The Morgan fingerprint density at radius 2 is 2.28 bits per heavy atom. The van der Waals surface area contributed by atoms with Gasteiger partial charge in [-0.3, -0.25) is 4.79 Å². The summed E-state index contributed by atoms with van der Waals surface area (Å²) in [6, 6.07) is 1.60. The first-order valence-corrected chi connectivity index (χ1v) is 6.17. The monoisotopic (exact) mass is 266 g/mol. The summed E-state index contributed by atoms with van der Waals surface area (Å²) in [5, 5.41) is 0.0501. The number of hydrogen-bond donors (Lipinski definition) is 1. The van der Waals surface area contributed by atoms with Gasteiger partial charge in [0.1, 0.15) is 5.82 Å². The molecule has 18 heavy (non-hydrogen) atoms. The maximum absolute atomic E-state index is 11.3. The number of hydrogen-bond acceptors (Lipinski definition) is 6. The van der Waals surface area contributed by atoms with Gasteiger partial charge in [0.15, 0.2) is 5.12 Å². The molecule has 0 aromatic carbocycles. The third-order valence-corrected chi connectivity index (χ3v) is 2.82. The molecular formula is C12H14N2O3S. The summed E-state index contributed by atoms with van der Waals surface area (Å²) in [7, 11) is 1.30. The Morgan fingerprint density at radius 1 is 1.56 bits per heavy atom. The number of nitrogens with zero attached hydrogens (tertiary/aromatic N) is 1. The minimum atomic E-state index is -0.463. The fraction of sp³-hybridized carbons (Fsp3) is 0.250. The van der Waals surface area contributed by atoms with Crippen molar-refractivity contribution in [1.82, 2.24) is 4.98 Å². The number of methoxy groups -OCH3 is 1. The Kier molecular flexibility index (Phi) is 5.38. The fourth-order valence-corrected chi connectivity index (χ4v) is 1.62. The molecule has 1 aromatic heterocycles. The summed E-state index contributed by atoms with van der Waals surface area (Å²) in [6.07, 6.45) is 4.88. The van der Waals surface area contributed by atoms with Crippen LogP contribution in [0, 0.1) is 0 Å². The summed E-state index contributed by atoms with van der Waals surface area (Å²) >= 11 is 1.19. The number of carbonyl (C=O) groups excluding carboxylic acids is 2. The van der Waals surface area contributed by atoms with Gasteiger partial charge in [-0.15, -0.1) is 0 Å². The highest BCUT2D eigenvalue weighted by molar-refractivity contribution is 8.13. The topological polar surface area (TPSA) is 82.3 Å². The molecule has 0 spiro atoms. The zero-order chi connectivity index (χ0) is 13.5. The van der Waals surface area contributed by atoms with Crippen LogP contribution in [-0.4, -0.2) is 28.9 Å². The molecule has 0 saturated carbocycles. The molecule has 6 heteroatoms. The van der Waals surface area contributed by atoms with Crippen molar-refractivity contribution in [3.63, 3.8) is 0 Å². The zero-order valence-corrected chi connectivity index (χ0v) is 11.0. The molecule has 0 bridgehead atoms. The van der Waals surface area contributed by atoms with Crippen LogP contribution in [0.4, 0.5) is 5.82 Å². The standard InChI is InChI=1S/C12H14N2O3S/c1-8(15)18-5-3-4-9-6-10(12(16)17-2)7-14-11(9)13/h3-4,6-7H,5H2,1-2H3,(H2,13,14). The fourth-order valence-electron chi connectivity index (χ4n) is 1.20. The van der Waals surface area contributed by atoms with Crippen LogP contribution < -0.4 is 5.73 Å². The number of carbonyl (C=O) groups is 2. The maximum Gasteiger partial charge on any atom is 0.339 e. The average Bonchev–Trinajstić information content (AvgIpc) is 2.35. The molecule has 0 aliphatic carbocycles. The molecule has 0 aliphatic rings. The van der Waals surface area contributed by atoms with Crippen molar-refractivity contribution >= 4 is 34.7 Å². The largest absolute Gasteiger partial charge is 0.465 e. The van der Waals surface area contributed by atoms with Crippen molar-refractivity contribution in [2.75, 3.05) is 18.6 Å². The first kappa shape index (κ1) is 14.2. The smallest absolute Gasteiger partial charge is 0.339 e. The van der Waals surface area contributed by atoms with Gasteiger partial charge in [-0.05, 0) is 6.07 Å². The Bertz CT molecular complexity index is 486. The number of anilines is 1. The van der Waals surface area contributed by atoms with Gasteiger partial charge in [0, 0.05) is 24.4 Å².